The summed E-state index contributed by atoms with van der Waals surface area (Å²) in [5.41, 5.74) is 1.04. The van der Waals surface area contributed by atoms with E-state index in [0.29, 0.717) is 60.3 Å². The maximum absolute atomic E-state index is 13.0. The minimum Gasteiger partial charge on any atom is -0.497 e. The van der Waals surface area contributed by atoms with Crippen molar-refractivity contribution in [3.63, 3.8) is 0 Å². The maximum Gasteiger partial charge on any atom is 0.253 e. The summed E-state index contributed by atoms with van der Waals surface area (Å²) in [5.74, 6) is 0.299. The van der Waals surface area contributed by atoms with Gasteiger partial charge in [-0.1, -0.05) is 25.4 Å². The highest BCUT2D eigenvalue weighted by molar-refractivity contribution is 6.30. The number of nitrogens with one attached hydrogen (secondary N) is 2. The fourth-order valence-corrected chi connectivity index (χ4v) is 4.12. The van der Waals surface area contributed by atoms with E-state index in [1.54, 1.807) is 60.5 Å². The van der Waals surface area contributed by atoms with Crippen molar-refractivity contribution in [3.8, 4) is 5.75 Å². The van der Waals surface area contributed by atoms with Crippen molar-refractivity contribution in [1.82, 2.24) is 15.5 Å². The van der Waals surface area contributed by atoms with Crippen molar-refractivity contribution in [2.24, 2.45) is 11.8 Å². The summed E-state index contributed by atoms with van der Waals surface area (Å²) < 4.78 is 5.15. The van der Waals surface area contributed by atoms with E-state index >= 15 is 0 Å². The van der Waals surface area contributed by atoms with Gasteiger partial charge in [0, 0.05) is 35.8 Å². The minimum atomic E-state index is -0.680. The molecule has 1 aliphatic heterocycles. The number of hydrogen-bond acceptors (Lipinski definition) is 4. The monoisotopic (exact) mass is 485 g/mol. The lowest BCUT2D eigenvalue weighted by atomic mass is 9.88. The summed E-state index contributed by atoms with van der Waals surface area (Å²) in [6, 6.07) is 12.9. The molecule has 8 heteroatoms. The number of carbonyl (C=O) groups excluding carboxylic acids is 3. The summed E-state index contributed by atoms with van der Waals surface area (Å²) in [5, 5.41) is 6.47. The first-order valence-electron chi connectivity index (χ1n) is 11.6. The van der Waals surface area contributed by atoms with E-state index < -0.39 is 6.04 Å². The molecule has 182 valence electrons. The summed E-state index contributed by atoms with van der Waals surface area (Å²) in [6.45, 7) is 5.59. The van der Waals surface area contributed by atoms with Crippen molar-refractivity contribution in [2.45, 2.75) is 32.7 Å². The van der Waals surface area contributed by atoms with Gasteiger partial charge in [0.25, 0.3) is 11.8 Å². The molecule has 1 heterocycles. The zero-order chi connectivity index (χ0) is 24.7. The number of nitrogens with zero attached hydrogens (tertiary/aromatic N) is 1. The molecule has 34 heavy (non-hydrogen) atoms. The molecule has 2 aromatic rings. The van der Waals surface area contributed by atoms with Crippen molar-refractivity contribution in [3.05, 3.63) is 64.7 Å². The molecule has 1 fully saturated rings. The van der Waals surface area contributed by atoms with E-state index in [2.05, 4.69) is 10.6 Å². The van der Waals surface area contributed by atoms with Crippen LogP contribution in [0.15, 0.2) is 48.5 Å². The molecule has 7 nitrogen and oxygen atoms in total. The third-order valence-electron chi connectivity index (χ3n) is 6.00. The lowest BCUT2D eigenvalue weighted by Gasteiger charge is -2.36. The molecule has 1 atom stereocenters. The van der Waals surface area contributed by atoms with E-state index in [9.17, 15) is 14.4 Å². The molecule has 0 aromatic heterocycles. The van der Waals surface area contributed by atoms with Crippen LogP contribution in [0.5, 0.6) is 5.75 Å². The van der Waals surface area contributed by atoms with E-state index in [0.717, 1.165) is 0 Å². The summed E-state index contributed by atoms with van der Waals surface area (Å²) in [6.07, 6.45) is 1.23. The minimum absolute atomic E-state index is 0.0572. The number of carbonyl (C=O) groups is 3. The molecule has 0 unspecified atom stereocenters. The van der Waals surface area contributed by atoms with Crippen LogP contribution >= 0.6 is 11.6 Å². The Morgan fingerprint density at radius 1 is 1.00 bits per heavy atom. The Morgan fingerprint density at radius 3 is 2.15 bits per heavy atom. The Labute approximate surface area is 205 Å². The number of amides is 3. The van der Waals surface area contributed by atoms with Crippen LogP contribution < -0.4 is 15.4 Å². The number of benzene rings is 2. The maximum atomic E-state index is 13.0. The Morgan fingerprint density at radius 2 is 1.59 bits per heavy atom. The molecule has 1 aliphatic rings. The van der Waals surface area contributed by atoms with Gasteiger partial charge >= 0.3 is 0 Å². The highest BCUT2D eigenvalue weighted by Gasteiger charge is 2.34. The molecular formula is C26H32ClN3O4. The van der Waals surface area contributed by atoms with Crippen LogP contribution in [-0.4, -0.2) is 55.4 Å². The zero-order valence-electron chi connectivity index (χ0n) is 19.8. The second-order valence-corrected chi connectivity index (χ2v) is 9.39. The summed E-state index contributed by atoms with van der Waals surface area (Å²) >= 11 is 5.93. The van der Waals surface area contributed by atoms with Gasteiger partial charge in [-0.05, 0) is 73.2 Å². The SMILES string of the molecule is COc1ccc(C(=O)N[C@H](C(=O)NCC(C)C)C2CCN(C(=O)c3ccc(Cl)cc3)CC2)cc1. The predicted octanol–water partition coefficient (Wildman–Crippen LogP) is 3.77. The van der Waals surface area contributed by atoms with Gasteiger partial charge in [0.15, 0.2) is 0 Å². The average molecular weight is 486 g/mol. The van der Waals surface area contributed by atoms with Crippen LogP contribution in [-0.2, 0) is 4.79 Å². The second-order valence-electron chi connectivity index (χ2n) is 8.96. The molecule has 0 spiro atoms. The molecule has 0 aliphatic carbocycles. The van der Waals surface area contributed by atoms with Gasteiger partial charge in [0.1, 0.15) is 11.8 Å². The fourth-order valence-electron chi connectivity index (χ4n) is 3.99. The van der Waals surface area contributed by atoms with E-state index in [1.165, 1.54) is 0 Å². The topological polar surface area (TPSA) is 87.7 Å². The average Bonchev–Trinajstić information content (AvgIpc) is 2.86. The molecule has 3 rings (SSSR count). The largest absolute Gasteiger partial charge is 0.497 e. The van der Waals surface area contributed by atoms with Gasteiger partial charge in [0.05, 0.1) is 7.11 Å². The smallest absolute Gasteiger partial charge is 0.253 e. The van der Waals surface area contributed by atoms with Gasteiger partial charge in [-0.3, -0.25) is 14.4 Å². The summed E-state index contributed by atoms with van der Waals surface area (Å²) in [7, 11) is 1.56. The summed E-state index contributed by atoms with van der Waals surface area (Å²) in [4.78, 5) is 40.6. The molecule has 3 amide bonds. The number of hydrogen-bond donors (Lipinski definition) is 2. The van der Waals surface area contributed by atoms with E-state index in [1.807, 2.05) is 13.8 Å². The van der Waals surface area contributed by atoms with Crippen LogP contribution in [0.4, 0.5) is 0 Å². The van der Waals surface area contributed by atoms with E-state index in [-0.39, 0.29) is 23.6 Å². The van der Waals surface area contributed by atoms with Crippen molar-refractivity contribution in [2.75, 3.05) is 26.7 Å². The lowest BCUT2D eigenvalue weighted by Crippen LogP contribution is -2.54. The highest BCUT2D eigenvalue weighted by atomic mass is 35.5. The molecule has 0 radical (unpaired) electrons. The number of halogens is 1. The normalized spacial score (nSPS) is 15.0. The van der Waals surface area contributed by atoms with Gasteiger partial charge in [-0.2, -0.15) is 0 Å². The van der Waals surface area contributed by atoms with Crippen LogP contribution in [0.3, 0.4) is 0 Å². The van der Waals surface area contributed by atoms with Crippen LogP contribution in [0.1, 0.15) is 47.4 Å². The van der Waals surface area contributed by atoms with Crippen LogP contribution in [0.25, 0.3) is 0 Å². The number of ether oxygens (including phenoxy) is 1. The third kappa shape index (κ3) is 6.73. The third-order valence-corrected chi connectivity index (χ3v) is 6.25. The van der Waals surface area contributed by atoms with Crippen molar-refractivity contribution < 1.29 is 19.1 Å². The Balaban J connectivity index is 1.68. The predicted molar refractivity (Wildman–Crippen MR) is 132 cm³/mol. The van der Waals surface area contributed by atoms with Crippen LogP contribution in [0.2, 0.25) is 5.02 Å². The van der Waals surface area contributed by atoms with Gasteiger partial charge in [-0.25, -0.2) is 0 Å². The molecular weight excluding hydrogens is 454 g/mol. The zero-order valence-corrected chi connectivity index (χ0v) is 20.6. The number of rotatable bonds is 8. The molecule has 0 bridgehead atoms. The Bertz CT molecular complexity index is 984. The highest BCUT2D eigenvalue weighted by Crippen LogP contribution is 2.24. The number of piperidine rings is 1. The molecule has 2 aromatic carbocycles. The van der Waals surface area contributed by atoms with Gasteiger partial charge in [-0.15, -0.1) is 0 Å². The lowest BCUT2D eigenvalue weighted by molar-refractivity contribution is -0.124. The van der Waals surface area contributed by atoms with Crippen molar-refractivity contribution in [1.29, 1.82) is 0 Å². The first-order valence-corrected chi connectivity index (χ1v) is 11.9. The Kier molecular flexibility index (Phi) is 8.93. The Hall–Kier alpha value is -3.06. The first-order chi connectivity index (χ1) is 16.3. The van der Waals surface area contributed by atoms with Crippen LogP contribution in [0, 0.1) is 11.8 Å². The quantitative estimate of drug-likeness (QED) is 0.595. The van der Waals surface area contributed by atoms with Gasteiger partial charge < -0.3 is 20.3 Å². The number of likely N-dealkylation sites (tertiary alicyclic amines) is 1. The standard InChI is InChI=1S/C26H32ClN3O4/c1-17(2)16-28-25(32)23(29-24(31)19-6-10-22(34-3)11-7-19)18-12-14-30(15-13-18)26(33)20-4-8-21(27)9-5-20/h4-11,17-18,23H,12-16H2,1-3H3,(H,28,32)(H,29,31)/t23-/m0/s1. The van der Waals surface area contributed by atoms with E-state index in [4.69, 9.17) is 16.3 Å². The first kappa shape index (κ1) is 25.6. The van der Waals surface area contributed by atoms with Crippen molar-refractivity contribution >= 4 is 29.3 Å². The second kappa shape index (κ2) is 11.9. The fraction of sp³-hybridized carbons (Fsp3) is 0.423. The number of methoxy groups -OCH3 is 1. The molecule has 0 saturated carbocycles. The molecule has 2 N–H and O–H groups in total. The van der Waals surface area contributed by atoms with Gasteiger partial charge in [0.2, 0.25) is 5.91 Å². The molecule has 1 saturated heterocycles.